The molecule has 8 heteroatoms. The van der Waals surface area contributed by atoms with E-state index in [1.54, 1.807) is 43.5 Å². The van der Waals surface area contributed by atoms with Gasteiger partial charge in [-0.05, 0) is 36.8 Å². The van der Waals surface area contributed by atoms with E-state index in [9.17, 15) is 14.4 Å². The molecule has 1 atom stereocenters. The van der Waals surface area contributed by atoms with E-state index in [-0.39, 0.29) is 12.3 Å². The number of carbonyl (C=O) groups is 3. The second-order valence-corrected chi connectivity index (χ2v) is 5.96. The molecule has 0 saturated carbocycles. The second kappa shape index (κ2) is 7.00. The van der Waals surface area contributed by atoms with E-state index in [0.717, 1.165) is 4.90 Å². The van der Waals surface area contributed by atoms with E-state index in [4.69, 9.17) is 11.6 Å². The summed E-state index contributed by atoms with van der Waals surface area (Å²) in [7, 11) is 0. The summed E-state index contributed by atoms with van der Waals surface area (Å²) >= 11 is 6.07. The average Bonchev–Trinajstić information content (AvgIpc) is 2.90. The molecule has 3 rings (SSSR count). The number of hydrazine groups is 1. The summed E-state index contributed by atoms with van der Waals surface area (Å²) in [5.41, 5.74) is 6.49. The van der Waals surface area contributed by atoms with E-state index in [0.29, 0.717) is 21.8 Å². The lowest BCUT2D eigenvalue weighted by atomic mass is 10.2. The number of carbonyl (C=O) groups excluding carboxylic acids is 3. The van der Waals surface area contributed by atoms with Crippen LogP contribution >= 0.6 is 11.6 Å². The molecule has 128 valence electrons. The Kier molecular flexibility index (Phi) is 4.78. The van der Waals surface area contributed by atoms with Crippen LogP contribution in [0.3, 0.4) is 0 Å². The first-order valence-electron chi connectivity index (χ1n) is 7.57. The number of nitrogens with zero attached hydrogens (tertiary/aromatic N) is 2. The highest BCUT2D eigenvalue weighted by Crippen LogP contribution is 2.30. The monoisotopic (exact) mass is 358 g/mol. The number of halogens is 1. The maximum absolute atomic E-state index is 12.6. The van der Waals surface area contributed by atoms with Gasteiger partial charge < -0.3 is 0 Å². The molecule has 2 heterocycles. The number of imide groups is 1. The van der Waals surface area contributed by atoms with E-state index >= 15 is 0 Å². The molecule has 7 nitrogen and oxygen atoms in total. The number of benzene rings is 1. The van der Waals surface area contributed by atoms with Crippen LogP contribution in [0, 0.1) is 6.92 Å². The number of rotatable bonds is 4. The molecule has 2 N–H and O–H groups in total. The molecule has 3 amide bonds. The van der Waals surface area contributed by atoms with Gasteiger partial charge >= 0.3 is 0 Å². The minimum Gasteiger partial charge on any atom is -0.287 e. The lowest BCUT2D eigenvalue weighted by Gasteiger charge is -2.18. The molecular formula is C17H15ClN4O3. The smallest absolute Gasteiger partial charge is 0.266 e. The fraction of sp³-hybridized carbons (Fsp3) is 0.176. The molecule has 2 aromatic rings. The first kappa shape index (κ1) is 17.1. The molecule has 0 radical (unpaired) electrons. The first-order chi connectivity index (χ1) is 12.0. The van der Waals surface area contributed by atoms with Crippen LogP contribution in [0.1, 0.15) is 22.3 Å². The topological polar surface area (TPSA) is 91.4 Å². The molecule has 1 aliphatic heterocycles. The van der Waals surface area contributed by atoms with Gasteiger partial charge in [0.25, 0.3) is 11.8 Å². The van der Waals surface area contributed by atoms with Gasteiger partial charge in [-0.1, -0.05) is 17.7 Å². The van der Waals surface area contributed by atoms with Crippen molar-refractivity contribution >= 4 is 35.0 Å². The normalized spacial score (nSPS) is 17.0. The average molecular weight is 359 g/mol. The summed E-state index contributed by atoms with van der Waals surface area (Å²) in [5.74, 6) is -1.24. The molecule has 25 heavy (non-hydrogen) atoms. The number of amides is 3. The maximum Gasteiger partial charge on any atom is 0.266 e. The van der Waals surface area contributed by atoms with Gasteiger partial charge in [-0.15, -0.1) is 0 Å². The Hall–Kier alpha value is -2.77. The summed E-state index contributed by atoms with van der Waals surface area (Å²) < 4.78 is 0. The highest BCUT2D eigenvalue weighted by Gasteiger charge is 2.40. The van der Waals surface area contributed by atoms with Gasteiger partial charge in [0.05, 0.1) is 17.7 Å². The zero-order valence-corrected chi connectivity index (χ0v) is 14.1. The number of aromatic nitrogens is 1. The lowest BCUT2D eigenvalue weighted by Crippen LogP contribution is -2.48. The second-order valence-electron chi connectivity index (χ2n) is 5.55. The lowest BCUT2D eigenvalue weighted by molar-refractivity contribution is -0.121. The third-order valence-corrected chi connectivity index (χ3v) is 4.32. The van der Waals surface area contributed by atoms with Crippen LogP contribution < -0.4 is 15.8 Å². The van der Waals surface area contributed by atoms with Gasteiger partial charge in [-0.25, -0.2) is 10.3 Å². The zero-order chi connectivity index (χ0) is 18.0. The Morgan fingerprint density at radius 3 is 2.80 bits per heavy atom. The van der Waals surface area contributed by atoms with Gasteiger partial charge in [-0.2, -0.15) is 0 Å². The quantitative estimate of drug-likeness (QED) is 0.640. The number of hydrogen-bond donors (Lipinski definition) is 2. The summed E-state index contributed by atoms with van der Waals surface area (Å²) in [4.78, 5) is 41.8. The van der Waals surface area contributed by atoms with Crippen LogP contribution in [0.4, 0.5) is 5.69 Å². The number of pyridine rings is 1. The van der Waals surface area contributed by atoms with Crippen LogP contribution in [-0.2, 0) is 9.59 Å². The van der Waals surface area contributed by atoms with Crippen molar-refractivity contribution in [1.82, 2.24) is 15.8 Å². The van der Waals surface area contributed by atoms with E-state index in [1.807, 2.05) is 0 Å². The highest BCUT2D eigenvalue weighted by atomic mass is 35.5. The summed E-state index contributed by atoms with van der Waals surface area (Å²) in [6, 6.07) is 7.40. The van der Waals surface area contributed by atoms with Gasteiger partial charge in [0.2, 0.25) is 5.91 Å². The van der Waals surface area contributed by atoms with Crippen LogP contribution in [0.15, 0.2) is 42.7 Å². The molecule has 1 aromatic heterocycles. The zero-order valence-electron chi connectivity index (χ0n) is 13.3. The van der Waals surface area contributed by atoms with Crippen LogP contribution in [0.25, 0.3) is 0 Å². The standard InChI is InChI=1S/C17H15ClN4O3/c1-10-12(18)5-2-6-14(10)22-15(23)8-13(17(22)25)20-21-16(24)11-4-3-7-19-9-11/h2-7,9,13,20H,8H2,1H3,(H,21,24)/t13-/m0/s1. The first-order valence-corrected chi connectivity index (χ1v) is 7.94. The van der Waals surface area contributed by atoms with Crippen molar-refractivity contribution in [3.8, 4) is 0 Å². The van der Waals surface area contributed by atoms with Crippen LogP contribution in [0.2, 0.25) is 5.02 Å². The largest absolute Gasteiger partial charge is 0.287 e. The van der Waals surface area contributed by atoms with Crippen molar-refractivity contribution in [2.45, 2.75) is 19.4 Å². The molecular weight excluding hydrogens is 344 g/mol. The third-order valence-electron chi connectivity index (χ3n) is 3.91. The van der Waals surface area contributed by atoms with Gasteiger partial charge in [0.15, 0.2) is 0 Å². The van der Waals surface area contributed by atoms with Crippen molar-refractivity contribution in [2.24, 2.45) is 0 Å². The predicted molar refractivity (Wildman–Crippen MR) is 91.9 cm³/mol. The van der Waals surface area contributed by atoms with E-state index in [1.165, 1.54) is 6.20 Å². The van der Waals surface area contributed by atoms with Crippen molar-refractivity contribution in [3.63, 3.8) is 0 Å². The molecule has 1 aromatic carbocycles. The van der Waals surface area contributed by atoms with Crippen LogP contribution in [-0.4, -0.2) is 28.7 Å². The Morgan fingerprint density at radius 1 is 1.28 bits per heavy atom. The van der Waals surface area contributed by atoms with Crippen molar-refractivity contribution in [3.05, 3.63) is 58.9 Å². The van der Waals surface area contributed by atoms with Gasteiger partial charge in [0, 0.05) is 17.4 Å². The molecule has 1 saturated heterocycles. The maximum atomic E-state index is 12.6. The number of anilines is 1. The van der Waals surface area contributed by atoms with Crippen molar-refractivity contribution < 1.29 is 14.4 Å². The van der Waals surface area contributed by atoms with Crippen molar-refractivity contribution in [2.75, 3.05) is 4.90 Å². The SMILES string of the molecule is Cc1c(Cl)cccc1N1C(=O)C[C@H](NNC(=O)c2cccnc2)C1=O. The van der Waals surface area contributed by atoms with E-state index in [2.05, 4.69) is 15.8 Å². The van der Waals surface area contributed by atoms with Gasteiger partial charge in [-0.3, -0.25) is 24.8 Å². The molecule has 1 aliphatic rings. The van der Waals surface area contributed by atoms with Crippen LogP contribution in [0.5, 0.6) is 0 Å². The third kappa shape index (κ3) is 3.38. The summed E-state index contributed by atoms with van der Waals surface area (Å²) in [6.45, 7) is 1.74. The van der Waals surface area contributed by atoms with Crippen molar-refractivity contribution in [1.29, 1.82) is 0 Å². The Labute approximate surface area is 149 Å². The predicted octanol–water partition coefficient (Wildman–Crippen LogP) is 1.61. The molecule has 1 fully saturated rings. The fourth-order valence-electron chi connectivity index (χ4n) is 2.56. The number of hydrogen-bond acceptors (Lipinski definition) is 5. The number of nitrogens with one attached hydrogen (secondary N) is 2. The minimum absolute atomic E-state index is 0.0574. The van der Waals surface area contributed by atoms with E-state index < -0.39 is 17.9 Å². The Morgan fingerprint density at radius 2 is 2.08 bits per heavy atom. The molecule has 0 spiro atoms. The molecule has 0 unspecified atom stereocenters. The van der Waals surface area contributed by atoms with Gasteiger partial charge in [0.1, 0.15) is 6.04 Å². The Bertz CT molecular complexity index is 841. The fourth-order valence-corrected chi connectivity index (χ4v) is 2.73. The molecule has 0 bridgehead atoms. The summed E-state index contributed by atoms with van der Waals surface area (Å²) in [6.07, 6.45) is 2.90. The Balaban J connectivity index is 1.71. The highest BCUT2D eigenvalue weighted by molar-refractivity contribution is 6.32. The minimum atomic E-state index is -0.841. The summed E-state index contributed by atoms with van der Waals surface area (Å²) in [5, 5.41) is 0.472. The molecule has 0 aliphatic carbocycles.